The van der Waals surface area contributed by atoms with Gasteiger partial charge in [-0.25, -0.2) is 9.50 Å². The lowest BCUT2D eigenvalue weighted by atomic mass is 10.3. The molecule has 1 aliphatic rings. The van der Waals surface area contributed by atoms with Gasteiger partial charge in [-0.3, -0.25) is 0 Å². The molecular formula is C8H7N3O. The Balaban J connectivity index is 2.23. The predicted molar refractivity (Wildman–Crippen MR) is 41.7 cm³/mol. The Bertz CT molecular complexity index is 386. The first kappa shape index (κ1) is 6.14. The van der Waals surface area contributed by atoms with Gasteiger partial charge in [0.2, 0.25) is 0 Å². The number of ether oxygens (including phenoxy) is 1. The summed E-state index contributed by atoms with van der Waals surface area (Å²) in [5.41, 5.74) is 1.86. The molecule has 3 rings (SSSR count). The van der Waals surface area contributed by atoms with Gasteiger partial charge in [0.15, 0.2) is 5.65 Å². The van der Waals surface area contributed by atoms with Crippen molar-refractivity contribution in [2.75, 3.05) is 6.61 Å². The van der Waals surface area contributed by atoms with E-state index < -0.39 is 0 Å². The zero-order valence-electron chi connectivity index (χ0n) is 6.34. The molecule has 0 amide bonds. The Morgan fingerprint density at radius 3 is 3.25 bits per heavy atom. The van der Waals surface area contributed by atoms with E-state index in [0.29, 0.717) is 0 Å². The molecule has 0 aliphatic carbocycles. The van der Waals surface area contributed by atoms with E-state index in [1.54, 1.807) is 10.7 Å². The Kier molecular flexibility index (Phi) is 1.04. The molecule has 0 N–H and O–H groups in total. The molecule has 1 saturated heterocycles. The molecule has 0 spiro atoms. The lowest BCUT2D eigenvalue weighted by molar-refractivity contribution is 0.410. The van der Waals surface area contributed by atoms with Crippen LogP contribution in [0.15, 0.2) is 24.5 Å². The fraction of sp³-hybridized carbons (Fsp3) is 0.250. The summed E-state index contributed by atoms with van der Waals surface area (Å²) in [6.07, 6.45) is 3.86. The fourth-order valence-corrected chi connectivity index (χ4v) is 1.22. The second-order valence-corrected chi connectivity index (χ2v) is 2.81. The number of hydrogen-bond acceptors (Lipinski definition) is 3. The fourth-order valence-electron chi connectivity index (χ4n) is 1.22. The summed E-state index contributed by atoms with van der Waals surface area (Å²) >= 11 is 0. The Labute approximate surface area is 68.8 Å². The third-order valence-electron chi connectivity index (χ3n) is 1.92. The maximum atomic E-state index is 5.12. The van der Waals surface area contributed by atoms with Crippen molar-refractivity contribution in [1.29, 1.82) is 0 Å². The molecule has 3 heterocycles. The van der Waals surface area contributed by atoms with E-state index in [0.717, 1.165) is 17.9 Å². The smallest absolute Gasteiger partial charge is 0.155 e. The molecule has 0 saturated carbocycles. The Morgan fingerprint density at radius 2 is 2.50 bits per heavy atom. The first-order valence-electron chi connectivity index (χ1n) is 3.85. The lowest BCUT2D eigenvalue weighted by Crippen LogP contribution is -1.87. The van der Waals surface area contributed by atoms with Crippen molar-refractivity contribution in [1.82, 2.24) is 14.6 Å². The van der Waals surface area contributed by atoms with Gasteiger partial charge in [-0.1, -0.05) is 0 Å². The largest absolute Gasteiger partial charge is 0.366 e. The van der Waals surface area contributed by atoms with Crippen molar-refractivity contribution < 1.29 is 4.74 Å². The molecule has 0 aromatic carbocycles. The van der Waals surface area contributed by atoms with E-state index >= 15 is 0 Å². The number of nitrogens with zero attached hydrogens (tertiary/aromatic N) is 3. The third-order valence-corrected chi connectivity index (χ3v) is 1.92. The Morgan fingerprint density at radius 1 is 1.58 bits per heavy atom. The van der Waals surface area contributed by atoms with Crippen LogP contribution in [0.2, 0.25) is 0 Å². The van der Waals surface area contributed by atoms with Gasteiger partial charge in [-0.05, 0) is 6.07 Å². The molecule has 12 heavy (non-hydrogen) atoms. The second-order valence-electron chi connectivity index (χ2n) is 2.81. The van der Waals surface area contributed by atoms with Crippen LogP contribution in [0.1, 0.15) is 11.8 Å². The van der Waals surface area contributed by atoms with Crippen molar-refractivity contribution in [3.63, 3.8) is 0 Å². The number of fused-ring (bicyclic) bond motifs is 1. The number of epoxide rings is 1. The van der Waals surface area contributed by atoms with Crippen LogP contribution in [0.5, 0.6) is 0 Å². The average molecular weight is 161 g/mol. The molecule has 4 heteroatoms. The van der Waals surface area contributed by atoms with E-state index in [1.807, 2.05) is 18.3 Å². The second kappa shape index (κ2) is 2.04. The van der Waals surface area contributed by atoms with Crippen LogP contribution in [0.3, 0.4) is 0 Å². The van der Waals surface area contributed by atoms with Gasteiger partial charge in [0.25, 0.3) is 0 Å². The van der Waals surface area contributed by atoms with E-state index in [9.17, 15) is 0 Å². The van der Waals surface area contributed by atoms with Gasteiger partial charge in [0.05, 0.1) is 12.3 Å². The van der Waals surface area contributed by atoms with Gasteiger partial charge in [-0.2, -0.15) is 5.10 Å². The molecule has 60 valence electrons. The first-order chi connectivity index (χ1) is 5.93. The summed E-state index contributed by atoms with van der Waals surface area (Å²) in [4.78, 5) is 4.16. The van der Waals surface area contributed by atoms with Crippen molar-refractivity contribution in [3.8, 4) is 0 Å². The average Bonchev–Trinajstić information content (AvgIpc) is 2.85. The van der Waals surface area contributed by atoms with E-state index in [-0.39, 0.29) is 6.10 Å². The van der Waals surface area contributed by atoms with Crippen LogP contribution in [0.25, 0.3) is 5.65 Å². The van der Waals surface area contributed by atoms with Crippen molar-refractivity contribution in [2.24, 2.45) is 0 Å². The quantitative estimate of drug-likeness (QED) is 0.581. The molecule has 2 aromatic heterocycles. The zero-order valence-corrected chi connectivity index (χ0v) is 6.34. The highest BCUT2D eigenvalue weighted by Gasteiger charge is 2.27. The minimum absolute atomic E-state index is 0.215. The molecule has 4 nitrogen and oxygen atoms in total. The molecule has 0 unspecified atom stereocenters. The zero-order chi connectivity index (χ0) is 7.97. The summed E-state index contributed by atoms with van der Waals surface area (Å²) in [5.74, 6) is 0. The number of hydrogen-bond donors (Lipinski definition) is 0. The minimum atomic E-state index is 0.215. The normalized spacial score (nSPS) is 21.5. The van der Waals surface area contributed by atoms with E-state index in [1.165, 1.54) is 0 Å². The molecule has 1 aliphatic heterocycles. The monoisotopic (exact) mass is 161 g/mol. The summed E-state index contributed by atoms with van der Waals surface area (Å²) < 4.78 is 6.88. The summed E-state index contributed by atoms with van der Waals surface area (Å²) in [6.45, 7) is 0.796. The Hall–Kier alpha value is -1.42. The van der Waals surface area contributed by atoms with Crippen molar-refractivity contribution in [3.05, 3.63) is 30.2 Å². The highest BCUT2D eigenvalue weighted by atomic mass is 16.6. The molecule has 2 aromatic rings. The summed E-state index contributed by atoms with van der Waals surface area (Å²) in [5, 5.41) is 4.30. The maximum Gasteiger partial charge on any atom is 0.155 e. The van der Waals surface area contributed by atoms with Gasteiger partial charge < -0.3 is 4.74 Å². The summed E-state index contributed by atoms with van der Waals surface area (Å²) in [7, 11) is 0. The van der Waals surface area contributed by atoms with Crippen LogP contribution < -0.4 is 0 Å². The predicted octanol–water partition coefficient (Wildman–Crippen LogP) is 0.801. The standard InChI is InChI=1S/C8H7N3O/c1-2-9-8-4-6(7-5-12-7)10-11(8)3-1/h1-4,7H,5H2/t7-/m0/s1. The van der Waals surface area contributed by atoms with Gasteiger partial charge in [-0.15, -0.1) is 0 Å². The third kappa shape index (κ3) is 0.816. The lowest BCUT2D eigenvalue weighted by Gasteiger charge is -1.86. The molecule has 0 bridgehead atoms. The van der Waals surface area contributed by atoms with Crippen LogP contribution in [-0.2, 0) is 4.74 Å². The highest BCUT2D eigenvalue weighted by molar-refractivity contribution is 5.39. The highest BCUT2D eigenvalue weighted by Crippen LogP contribution is 2.28. The SMILES string of the molecule is c1cnc2cc([C@@H]3CO3)nn2c1. The summed E-state index contributed by atoms with van der Waals surface area (Å²) in [6, 6.07) is 3.81. The number of aromatic nitrogens is 3. The minimum Gasteiger partial charge on any atom is -0.366 e. The molecule has 1 atom stereocenters. The van der Waals surface area contributed by atoms with Gasteiger partial charge >= 0.3 is 0 Å². The van der Waals surface area contributed by atoms with Gasteiger partial charge in [0, 0.05) is 18.5 Å². The topological polar surface area (TPSA) is 42.7 Å². The van der Waals surface area contributed by atoms with Gasteiger partial charge in [0.1, 0.15) is 6.10 Å². The number of rotatable bonds is 1. The molecule has 1 fully saturated rings. The van der Waals surface area contributed by atoms with Crippen LogP contribution >= 0.6 is 0 Å². The van der Waals surface area contributed by atoms with E-state index in [2.05, 4.69) is 10.1 Å². The van der Waals surface area contributed by atoms with Crippen LogP contribution in [0, 0.1) is 0 Å². The molecule has 0 radical (unpaired) electrons. The molecular weight excluding hydrogens is 154 g/mol. The van der Waals surface area contributed by atoms with Crippen LogP contribution in [0.4, 0.5) is 0 Å². The van der Waals surface area contributed by atoms with E-state index in [4.69, 9.17) is 4.74 Å². The van der Waals surface area contributed by atoms with Crippen molar-refractivity contribution >= 4 is 5.65 Å². The first-order valence-corrected chi connectivity index (χ1v) is 3.85. The van der Waals surface area contributed by atoms with Crippen molar-refractivity contribution in [2.45, 2.75) is 6.10 Å². The maximum absolute atomic E-state index is 5.12. The van der Waals surface area contributed by atoms with Crippen LogP contribution in [-0.4, -0.2) is 21.2 Å².